The number of benzene rings is 5. The molecule has 1 aliphatic carbocycles. The molecule has 0 atom stereocenters. The topological polar surface area (TPSA) is 4.93 Å². The maximum Gasteiger partial charge on any atom is 0.0548 e. The molecule has 1 aliphatic rings. The number of allylic oxidation sites excluding steroid dienone is 1. The maximum absolute atomic E-state index is 3.50. The first kappa shape index (κ1) is 26.8. The number of rotatable bonds is 5. The molecular weight excluding hydrogens is 575 g/mol. The van der Waals surface area contributed by atoms with Crippen LogP contribution in [-0.2, 0) is 6.42 Å². The van der Waals surface area contributed by atoms with Gasteiger partial charge in [-0.15, -0.1) is 11.3 Å². The number of hydrogen-bond acceptors (Lipinski definition) is 1. The second-order valence-corrected chi connectivity index (χ2v) is 12.8. The van der Waals surface area contributed by atoms with Crippen molar-refractivity contribution in [1.82, 2.24) is 4.57 Å². The molecule has 0 radical (unpaired) electrons. The third kappa shape index (κ3) is 4.32. The Morgan fingerprint density at radius 1 is 0.630 bits per heavy atom. The predicted molar refractivity (Wildman–Crippen MR) is 195 cm³/mol. The van der Waals surface area contributed by atoms with Crippen LogP contribution in [0.4, 0.5) is 0 Å². The zero-order chi connectivity index (χ0) is 30.5. The van der Waals surface area contributed by atoms with E-state index in [9.17, 15) is 0 Å². The lowest BCUT2D eigenvalue weighted by Crippen LogP contribution is -1.95. The first-order valence-electron chi connectivity index (χ1n) is 15.8. The van der Waals surface area contributed by atoms with Gasteiger partial charge in [0, 0.05) is 42.9 Å². The highest BCUT2D eigenvalue weighted by Crippen LogP contribution is 2.50. The number of hydrogen-bond donors (Lipinski definition) is 0. The Morgan fingerprint density at radius 3 is 2.26 bits per heavy atom. The van der Waals surface area contributed by atoms with E-state index >= 15 is 0 Å². The van der Waals surface area contributed by atoms with E-state index < -0.39 is 0 Å². The van der Waals surface area contributed by atoms with Crippen molar-refractivity contribution in [3.8, 4) is 48.8 Å². The predicted octanol–water partition coefficient (Wildman–Crippen LogP) is 12.1. The summed E-state index contributed by atoms with van der Waals surface area (Å²) in [6.45, 7) is 0. The quantitative estimate of drug-likeness (QED) is 0.184. The van der Waals surface area contributed by atoms with Crippen molar-refractivity contribution in [3.05, 3.63) is 169 Å². The Hall–Kier alpha value is -5.62. The second-order valence-electron chi connectivity index (χ2n) is 11.8. The van der Waals surface area contributed by atoms with Crippen molar-refractivity contribution in [1.29, 1.82) is 0 Å². The number of aromatic nitrogens is 1. The van der Waals surface area contributed by atoms with Crippen LogP contribution >= 0.6 is 11.3 Å². The molecule has 0 amide bonds. The molecule has 0 saturated heterocycles. The fourth-order valence-corrected chi connectivity index (χ4v) is 8.48. The fraction of sp³-hybridized carbons (Fsp3) is 0.0455. The standard InChI is InChI=1S/C44H29NS/c1-4-15-30(16-5-1)32-19-14-20-33(29-32)43-35-23-10-11-24-36(35)44(46-43)38-27-28-40-42(41(38)31-17-6-2-7-18-31)37-25-12-13-26-39(37)45(40)34-21-8-3-9-22-34/h1-6,8-10,12-17,19-23,25-29H,11,24H2. The van der Waals surface area contributed by atoms with Gasteiger partial charge in [0.2, 0.25) is 0 Å². The van der Waals surface area contributed by atoms with Crippen LogP contribution in [0.1, 0.15) is 17.5 Å². The molecule has 0 aliphatic heterocycles. The lowest BCUT2D eigenvalue weighted by molar-refractivity contribution is 0.996. The molecule has 0 fully saturated rings. The molecule has 2 aromatic heterocycles. The van der Waals surface area contributed by atoms with Gasteiger partial charge in [0.1, 0.15) is 0 Å². The van der Waals surface area contributed by atoms with Gasteiger partial charge in [0.15, 0.2) is 0 Å². The monoisotopic (exact) mass is 603 g/mol. The van der Waals surface area contributed by atoms with Crippen molar-refractivity contribution in [2.75, 3.05) is 0 Å². The molecule has 0 unspecified atom stereocenters. The zero-order valence-corrected chi connectivity index (χ0v) is 26.0. The molecule has 2 heteroatoms. The van der Waals surface area contributed by atoms with Gasteiger partial charge in [-0.2, -0.15) is 0 Å². The van der Waals surface area contributed by atoms with E-state index in [0.29, 0.717) is 0 Å². The average molecular weight is 604 g/mol. The van der Waals surface area contributed by atoms with Crippen molar-refractivity contribution in [3.63, 3.8) is 0 Å². The Kier molecular flexibility index (Phi) is 6.44. The molecule has 6 aromatic carbocycles. The summed E-state index contributed by atoms with van der Waals surface area (Å²) < 4.78 is 2.40. The number of fused-ring (bicyclic) bond motifs is 4. The SMILES string of the molecule is c1cccc(-c2c(-c3sc(-c4cccc(-c5ccccc5)c4)c4c3CCC=C4)ccc3c2c2ccccc2n3-c2ccccc2)c#1. The van der Waals surface area contributed by atoms with Gasteiger partial charge >= 0.3 is 0 Å². The van der Waals surface area contributed by atoms with Crippen molar-refractivity contribution >= 4 is 39.2 Å². The molecule has 1 nitrogen and oxygen atoms in total. The summed E-state index contributed by atoms with van der Waals surface area (Å²) in [5.41, 5.74) is 13.7. The number of para-hydroxylation sites is 2. The van der Waals surface area contributed by atoms with E-state index in [1.807, 2.05) is 17.4 Å². The molecule has 46 heavy (non-hydrogen) atoms. The summed E-state index contributed by atoms with van der Waals surface area (Å²) in [6.07, 6.45) is 6.77. The van der Waals surface area contributed by atoms with Crippen LogP contribution in [0, 0.1) is 12.1 Å². The Labute approximate surface area is 273 Å². The van der Waals surface area contributed by atoms with E-state index in [4.69, 9.17) is 0 Å². The summed E-state index contributed by atoms with van der Waals surface area (Å²) in [4.78, 5) is 2.69. The highest BCUT2D eigenvalue weighted by atomic mass is 32.1. The second kappa shape index (κ2) is 11.1. The average Bonchev–Trinajstić information content (AvgIpc) is 3.69. The molecule has 9 rings (SSSR count). The van der Waals surface area contributed by atoms with Gasteiger partial charge < -0.3 is 4.57 Å². The van der Waals surface area contributed by atoms with Crippen LogP contribution in [0.25, 0.3) is 76.7 Å². The highest BCUT2D eigenvalue weighted by molar-refractivity contribution is 7.19. The Morgan fingerprint density at radius 2 is 1.41 bits per heavy atom. The van der Waals surface area contributed by atoms with E-state index in [-0.39, 0.29) is 0 Å². The van der Waals surface area contributed by atoms with E-state index in [1.165, 1.54) is 70.5 Å². The lowest BCUT2D eigenvalue weighted by Gasteiger charge is -2.14. The molecule has 0 bridgehead atoms. The smallest absolute Gasteiger partial charge is 0.0548 e. The van der Waals surface area contributed by atoms with Gasteiger partial charge in [0.05, 0.1) is 11.0 Å². The minimum atomic E-state index is 1.03. The molecule has 0 saturated carbocycles. The molecule has 216 valence electrons. The van der Waals surface area contributed by atoms with Gasteiger partial charge in [-0.05, 0) is 83.1 Å². The summed E-state index contributed by atoms with van der Waals surface area (Å²) in [5, 5.41) is 2.51. The zero-order valence-electron chi connectivity index (χ0n) is 25.2. The lowest BCUT2D eigenvalue weighted by atomic mass is 9.89. The Balaban J connectivity index is 1.34. The minimum Gasteiger partial charge on any atom is -0.309 e. The first-order valence-corrected chi connectivity index (χ1v) is 16.7. The molecule has 0 spiro atoms. The normalized spacial score (nSPS) is 12.3. The Bertz CT molecular complexity index is 2390. The number of thiophene rings is 1. The van der Waals surface area contributed by atoms with Crippen LogP contribution in [0.2, 0.25) is 0 Å². The third-order valence-electron chi connectivity index (χ3n) is 9.14. The summed E-state index contributed by atoms with van der Waals surface area (Å²) >= 11 is 1.93. The largest absolute Gasteiger partial charge is 0.309 e. The first-order chi connectivity index (χ1) is 22.8. The molecule has 8 aromatic rings. The molecule has 0 N–H and O–H groups in total. The van der Waals surface area contributed by atoms with Crippen LogP contribution < -0.4 is 0 Å². The van der Waals surface area contributed by atoms with E-state index in [0.717, 1.165) is 24.1 Å². The summed E-state index contributed by atoms with van der Waals surface area (Å²) in [5.74, 6) is 0. The van der Waals surface area contributed by atoms with Crippen LogP contribution in [0.5, 0.6) is 0 Å². The maximum atomic E-state index is 3.50. The van der Waals surface area contributed by atoms with Crippen molar-refractivity contribution < 1.29 is 0 Å². The van der Waals surface area contributed by atoms with Gasteiger partial charge in [-0.1, -0.05) is 121 Å². The van der Waals surface area contributed by atoms with Crippen LogP contribution in [0.3, 0.4) is 0 Å². The fourth-order valence-electron chi connectivity index (χ4n) is 7.12. The summed E-state index contributed by atoms with van der Waals surface area (Å²) in [7, 11) is 0. The summed E-state index contributed by atoms with van der Waals surface area (Å²) in [6, 6.07) is 56.9. The van der Waals surface area contributed by atoms with E-state index in [1.54, 1.807) is 0 Å². The molecule has 2 heterocycles. The van der Waals surface area contributed by atoms with Crippen molar-refractivity contribution in [2.45, 2.75) is 12.8 Å². The highest BCUT2D eigenvalue weighted by Gasteiger charge is 2.25. The molecular formula is C44H29NS. The number of nitrogens with zero attached hydrogens (tertiary/aromatic N) is 1. The van der Waals surface area contributed by atoms with Crippen molar-refractivity contribution in [2.24, 2.45) is 0 Å². The van der Waals surface area contributed by atoms with E-state index in [2.05, 4.69) is 162 Å². The van der Waals surface area contributed by atoms with Crippen LogP contribution in [0.15, 0.2) is 146 Å². The minimum absolute atomic E-state index is 1.03. The van der Waals surface area contributed by atoms with Crippen LogP contribution in [-0.4, -0.2) is 4.57 Å². The van der Waals surface area contributed by atoms with Gasteiger partial charge in [-0.25, -0.2) is 0 Å². The van der Waals surface area contributed by atoms with Gasteiger partial charge in [-0.3, -0.25) is 0 Å². The van der Waals surface area contributed by atoms with Gasteiger partial charge in [0.25, 0.3) is 0 Å². The third-order valence-corrected chi connectivity index (χ3v) is 10.5.